The van der Waals surface area contributed by atoms with Crippen LogP contribution in [0.2, 0.25) is 0 Å². The van der Waals surface area contributed by atoms with E-state index in [4.69, 9.17) is 14.3 Å². The van der Waals surface area contributed by atoms with Crippen molar-refractivity contribution in [2.45, 2.75) is 31.8 Å². The molecule has 1 aliphatic rings. The SMILES string of the molecule is COc1ccc(CCNCC(O)CO/N=C2\CCCc3ccccc32)cc1OC.Cl. The number of rotatable bonds is 10. The first-order valence-electron chi connectivity index (χ1n) is 10.1. The van der Waals surface area contributed by atoms with E-state index in [9.17, 15) is 5.11 Å². The Kier molecular flexibility index (Phi) is 9.94. The second-order valence-corrected chi connectivity index (χ2v) is 7.14. The molecule has 30 heavy (non-hydrogen) atoms. The Hall–Kier alpha value is -2.28. The fourth-order valence-corrected chi connectivity index (χ4v) is 3.49. The average molecular weight is 435 g/mol. The maximum Gasteiger partial charge on any atom is 0.160 e. The lowest BCUT2D eigenvalue weighted by Crippen LogP contribution is -2.31. The molecule has 2 N–H and O–H groups in total. The normalized spacial score (nSPS) is 15.1. The molecule has 0 aliphatic heterocycles. The van der Waals surface area contributed by atoms with E-state index < -0.39 is 6.10 Å². The molecule has 0 spiro atoms. The van der Waals surface area contributed by atoms with Crippen molar-refractivity contribution in [2.75, 3.05) is 33.9 Å². The summed E-state index contributed by atoms with van der Waals surface area (Å²) in [5.41, 5.74) is 4.60. The van der Waals surface area contributed by atoms with Crippen molar-refractivity contribution in [3.8, 4) is 11.5 Å². The van der Waals surface area contributed by atoms with Crippen molar-refractivity contribution in [3.63, 3.8) is 0 Å². The molecule has 0 saturated carbocycles. The number of methoxy groups -OCH3 is 2. The maximum absolute atomic E-state index is 10.1. The minimum absolute atomic E-state index is 0. The van der Waals surface area contributed by atoms with Crippen LogP contribution in [0.15, 0.2) is 47.6 Å². The van der Waals surface area contributed by atoms with Gasteiger partial charge in [-0.2, -0.15) is 0 Å². The Morgan fingerprint density at radius 1 is 1.07 bits per heavy atom. The summed E-state index contributed by atoms with van der Waals surface area (Å²) in [5.74, 6) is 1.45. The molecule has 3 rings (SSSR count). The van der Waals surface area contributed by atoms with Crippen LogP contribution in [-0.2, 0) is 17.7 Å². The highest BCUT2D eigenvalue weighted by Crippen LogP contribution is 2.27. The molecule has 1 unspecified atom stereocenters. The Bertz CT molecular complexity index is 829. The summed E-state index contributed by atoms with van der Waals surface area (Å²) in [4.78, 5) is 5.43. The molecule has 6 nitrogen and oxygen atoms in total. The van der Waals surface area contributed by atoms with Gasteiger partial charge in [0.2, 0.25) is 0 Å². The molecular weight excluding hydrogens is 404 g/mol. The minimum Gasteiger partial charge on any atom is -0.493 e. The Morgan fingerprint density at radius 2 is 1.87 bits per heavy atom. The highest BCUT2D eigenvalue weighted by Gasteiger charge is 2.15. The highest BCUT2D eigenvalue weighted by molar-refractivity contribution is 6.02. The molecule has 0 amide bonds. The van der Waals surface area contributed by atoms with Crippen molar-refractivity contribution in [3.05, 3.63) is 59.2 Å². The van der Waals surface area contributed by atoms with E-state index in [0.29, 0.717) is 6.54 Å². The summed E-state index contributed by atoms with van der Waals surface area (Å²) in [5, 5.41) is 17.7. The third kappa shape index (κ3) is 6.62. The molecule has 2 aromatic carbocycles. The van der Waals surface area contributed by atoms with Crippen LogP contribution in [0.25, 0.3) is 0 Å². The van der Waals surface area contributed by atoms with Gasteiger partial charge in [0, 0.05) is 12.1 Å². The van der Waals surface area contributed by atoms with Crippen molar-refractivity contribution < 1.29 is 19.4 Å². The summed E-state index contributed by atoms with van der Waals surface area (Å²) in [6, 6.07) is 14.2. The predicted molar refractivity (Wildman–Crippen MR) is 121 cm³/mol. The number of benzene rings is 2. The summed E-state index contributed by atoms with van der Waals surface area (Å²) < 4.78 is 10.6. The number of halogens is 1. The number of aryl methyl sites for hydroxylation is 1. The van der Waals surface area contributed by atoms with E-state index in [0.717, 1.165) is 55.0 Å². The molecule has 7 heteroatoms. The molecule has 164 valence electrons. The zero-order valence-electron chi connectivity index (χ0n) is 17.6. The second-order valence-electron chi connectivity index (χ2n) is 7.14. The number of nitrogens with one attached hydrogen (secondary N) is 1. The van der Waals surface area contributed by atoms with Crippen LogP contribution < -0.4 is 14.8 Å². The molecule has 0 heterocycles. The van der Waals surface area contributed by atoms with Gasteiger partial charge in [-0.15, -0.1) is 12.4 Å². The first-order valence-corrected chi connectivity index (χ1v) is 10.1. The standard InChI is InChI=1S/C23H30N2O4.ClH/c1-27-22-11-10-17(14-23(22)28-2)12-13-24-15-19(26)16-29-25-21-9-5-7-18-6-3-4-8-20(18)21;/h3-4,6,8,10-11,14,19,24,26H,5,7,9,12-13,15-16H2,1-2H3;1H/b25-21+;. The molecule has 2 aromatic rings. The summed E-state index contributed by atoms with van der Waals surface area (Å²) >= 11 is 0. The van der Waals surface area contributed by atoms with E-state index in [2.05, 4.69) is 28.7 Å². The first kappa shape index (κ1) is 24.0. The number of oxime groups is 1. The zero-order valence-corrected chi connectivity index (χ0v) is 18.4. The molecule has 0 bridgehead atoms. The van der Waals surface area contributed by atoms with E-state index in [1.807, 2.05) is 24.3 Å². The van der Waals surface area contributed by atoms with Gasteiger partial charge in [-0.1, -0.05) is 35.5 Å². The third-order valence-corrected chi connectivity index (χ3v) is 5.05. The van der Waals surface area contributed by atoms with Gasteiger partial charge in [-0.05, 0) is 55.5 Å². The number of hydrogen-bond donors (Lipinski definition) is 2. The monoisotopic (exact) mass is 434 g/mol. The van der Waals surface area contributed by atoms with Gasteiger partial charge in [-0.25, -0.2) is 0 Å². The predicted octanol–water partition coefficient (Wildman–Crippen LogP) is 3.38. The smallest absolute Gasteiger partial charge is 0.160 e. The van der Waals surface area contributed by atoms with Crippen molar-refractivity contribution in [1.82, 2.24) is 5.32 Å². The lowest BCUT2D eigenvalue weighted by Gasteiger charge is -2.17. The Morgan fingerprint density at radius 3 is 2.67 bits per heavy atom. The van der Waals surface area contributed by atoms with Crippen LogP contribution in [0.5, 0.6) is 11.5 Å². The lowest BCUT2D eigenvalue weighted by molar-refractivity contribution is 0.0402. The Labute approximate surface area is 184 Å². The minimum atomic E-state index is -0.608. The number of aliphatic hydroxyl groups excluding tert-OH is 1. The van der Waals surface area contributed by atoms with Gasteiger partial charge in [0.05, 0.1) is 19.9 Å². The highest BCUT2D eigenvalue weighted by atomic mass is 35.5. The molecule has 0 aromatic heterocycles. The molecule has 0 fully saturated rings. The molecule has 1 atom stereocenters. The van der Waals surface area contributed by atoms with Crippen molar-refractivity contribution >= 4 is 18.1 Å². The van der Waals surface area contributed by atoms with E-state index >= 15 is 0 Å². The van der Waals surface area contributed by atoms with E-state index in [1.54, 1.807) is 14.2 Å². The van der Waals surface area contributed by atoms with Gasteiger partial charge in [0.15, 0.2) is 11.5 Å². The average Bonchev–Trinajstić information content (AvgIpc) is 2.76. The largest absolute Gasteiger partial charge is 0.493 e. The second kappa shape index (κ2) is 12.4. The number of nitrogens with zero attached hydrogens (tertiary/aromatic N) is 1. The fraction of sp³-hybridized carbons (Fsp3) is 0.435. The van der Waals surface area contributed by atoms with E-state index in [-0.39, 0.29) is 19.0 Å². The first-order chi connectivity index (χ1) is 14.2. The Balaban J connectivity index is 0.00000320. The number of ether oxygens (including phenoxy) is 2. The van der Waals surface area contributed by atoms with Gasteiger partial charge in [0.25, 0.3) is 0 Å². The zero-order chi connectivity index (χ0) is 20.5. The van der Waals surface area contributed by atoms with Gasteiger partial charge in [-0.3, -0.25) is 0 Å². The molecule has 0 saturated heterocycles. The summed E-state index contributed by atoms with van der Waals surface area (Å²) in [7, 11) is 3.26. The molecule has 1 aliphatic carbocycles. The van der Waals surface area contributed by atoms with Crippen LogP contribution in [0, 0.1) is 0 Å². The van der Waals surface area contributed by atoms with Gasteiger partial charge < -0.3 is 24.7 Å². The maximum atomic E-state index is 10.1. The topological polar surface area (TPSA) is 72.3 Å². The third-order valence-electron chi connectivity index (χ3n) is 5.05. The number of fused-ring (bicyclic) bond motifs is 1. The summed E-state index contributed by atoms with van der Waals surface area (Å²) in [6.45, 7) is 1.37. The van der Waals surface area contributed by atoms with Crippen LogP contribution >= 0.6 is 12.4 Å². The quantitative estimate of drug-likeness (QED) is 0.443. The fourth-order valence-electron chi connectivity index (χ4n) is 3.49. The number of aliphatic hydroxyl groups is 1. The van der Waals surface area contributed by atoms with Crippen LogP contribution in [-0.4, -0.2) is 50.8 Å². The van der Waals surface area contributed by atoms with Crippen LogP contribution in [0.4, 0.5) is 0 Å². The molecular formula is C23H31ClN2O4. The van der Waals surface area contributed by atoms with Crippen molar-refractivity contribution in [2.24, 2.45) is 5.16 Å². The van der Waals surface area contributed by atoms with Crippen LogP contribution in [0.3, 0.4) is 0 Å². The van der Waals surface area contributed by atoms with E-state index in [1.165, 1.54) is 11.1 Å². The number of hydrogen-bond acceptors (Lipinski definition) is 6. The summed E-state index contributed by atoms with van der Waals surface area (Å²) in [6.07, 6.45) is 3.30. The van der Waals surface area contributed by atoms with Gasteiger partial charge >= 0.3 is 0 Å². The molecule has 0 radical (unpaired) electrons. The van der Waals surface area contributed by atoms with Crippen molar-refractivity contribution in [1.29, 1.82) is 0 Å². The van der Waals surface area contributed by atoms with Gasteiger partial charge in [0.1, 0.15) is 12.7 Å². The lowest BCUT2D eigenvalue weighted by atomic mass is 9.90. The van der Waals surface area contributed by atoms with Crippen LogP contribution in [0.1, 0.15) is 29.5 Å².